The lowest BCUT2D eigenvalue weighted by Crippen LogP contribution is -2.43. The van der Waals surface area contributed by atoms with E-state index in [0.717, 1.165) is 55.7 Å². The average Bonchev–Trinajstić information content (AvgIpc) is 3.82. The average molecular weight is 811 g/mol. The zero-order chi connectivity index (χ0) is 41.6. The van der Waals surface area contributed by atoms with Crippen molar-refractivity contribution in [3.8, 4) is 34.0 Å². The fourth-order valence-corrected chi connectivity index (χ4v) is 6.85. The Morgan fingerprint density at radius 3 is 1.59 bits per heavy atom. The van der Waals surface area contributed by atoms with Gasteiger partial charge in [-0.3, -0.25) is 19.6 Å². The van der Waals surface area contributed by atoms with Crippen LogP contribution in [-0.4, -0.2) is 74.5 Å². The number of carbonyl (C=O) groups excluding carboxylic acids is 2. The molecule has 12 nitrogen and oxygen atoms in total. The number of hydrogen-bond acceptors (Lipinski definition) is 8. The highest BCUT2D eigenvalue weighted by Crippen LogP contribution is 2.32. The van der Waals surface area contributed by atoms with Crippen LogP contribution in [0.1, 0.15) is 70.6 Å². The van der Waals surface area contributed by atoms with Crippen LogP contribution < -0.4 is 4.74 Å². The molecule has 2 aliphatic carbocycles. The van der Waals surface area contributed by atoms with Crippen molar-refractivity contribution in [1.82, 2.24) is 38.9 Å². The van der Waals surface area contributed by atoms with Crippen LogP contribution in [0.15, 0.2) is 98.1 Å². The van der Waals surface area contributed by atoms with E-state index in [-0.39, 0.29) is 23.9 Å². The second kappa shape index (κ2) is 17.9. The van der Waals surface area contributed by atoms with Gasteiger partial charge in [0, 0.05) is 75.2 Å². The number of aryl methyl sites for hydroxylation is 2. The maximum atomic E-state index is 13.8. The number of aromatic hydroxyl groups is 1. The van der Waals surface area contributed by atoms with Crippen molar-refractivity contribution in [2.75, 3.05) is 0 Å². The Bertz CT molecular complexity index is 2430. The first-order valence-electron chi connectivity index (χ1n) is 19.1. The largest absolute Gasteiger partial charge is 0.505 e. The number of carbonyl (C=O) groups is 2. The first-order chi connectivity index (χ1) is 28.4. The minimum atomic E-state index is -3.13. The molecule has 0 saturated heterocycles. The highest BCUT2D eigenvalue weighted by atomic mass is 19.3. The third kappa shape index (κ3) is 9.76. The van der Waals surface area contributed by atoms with Crippen molar-refractivity contribution in [3.63, 3.8) is 0 Å². The van der Waals surface area contributed by atoms with E-state index in [1.165, 1.54) is 24.3 Å². The number of imidazole rings is 2. The summed E-state index contributed by atoms with van der Waals surface area (Å²) < 4.78 is 59.9. The zero-order valence-electron chi connectivity index (χ0n) is 32.4. The topological polar surface area (TPSA) is 132 Å². The van der Waals surface area contributed by atoms with Gasteiger partial charge in [0.15, 0.2) is 23.1 Å². The van der Waals surface area contributed by atoms with E-state index in [2.05, 4.69) is 24.7 Å². The molecule has 0 bridgehead atoms. The Kier molecular flexibility index (Phi) is 12.3. The fourth-order valence-electron chi connectivity index (χ4n) is 6.85. The first kappa shape index (κ1) is 40.6. The van der Waals surface area contributed by atoms with Crippen molar-refractivity contribution >= 4 is 11.8 Å². The molecule has 16 heteroatoms. The Balaban J connectivity index is 0.000000180. The summed E-state index contributed by atoms with van der Waals surface area (Å²) in [6.07, 6.45) is 15.9. The summed E-state index contributed by atoms with van der Waals surface area (Å²) in [6.45, 7) is -2.32. The highest BCUT2D eigenvalue weighted by Gasteiger charge is 2.32. The lowest BCUT2D eigenvalue weighted by Gasteiger charge is -2.37. The van der Waals surface area contributed by atoms with Crippen molar-refractivity contribution in [1.29, 1.82) is 0 Å². The number of phenols is 1. The number of amides is 2. The number of alkyl halides is 2. The van der Waals surface area contributed by atoms with Gasteiger partial charge in [-0.1, -0.05) is 0 Å². The Hall–Kier alpha value is -6.58. The molecule has 0 aliphatic heterocycles. The number of benzene rings is 2. The van der Waals surface area contributed by atoms with E-state index in [1.54, 1.807) is 76.7 Å². The van der Waals surface area contributed by atoms with Crippen LogP contribution in [0.4, 0.5) is 17.6 Å². The van der Waals surface area contributed by atoms with Gasteiger partial charge in [0.25, 0.3) is 11.8 Å². The van der Waals surface area contributed by atoms with Crippen LogP contribution in [0, 0.1) is 11.6 Å². The Labute approximate surface area is 337 Å². The van der Waals surface area contributed by atoms with Gasteiger partial charge in [0.1, 0.15) is 11.4 Å². The Morgan fingerprint density at radius 1 is 0.712 bits per heavy atom. The number of halogens is 4. The molecule has 59 heavy (non-hydrogen) atoms. The van der Waals surface area contributed by atoms with E-state index >= 15 is 0 Å². The molecule has 2 saturated carbocycles. The molecule has 8 rings (SSSR count). The number of pyridine rings is 2. The van der Waals surface area contributed by atoms with Gasteiger partial charge >= 0.3 is 6.61 Å². The fraction of sp³-hybridized carbons (Fsp3) is 0.302. The lowest BCUT2D eigenvalue weighted by atomic mass is 9.90. The molecule has 2 aliphatic rings. The van der Waals surface area contributed by atoms with Gasteiger partial charge in [-0.2, -0.15) is 8.78 Å². The third-order valence-corrected chi connectivity index (χ3v) is 10.4. The molecule has 1 N–H and O–H groups in total. The molecule has 0 unspecified atom stereocenters. The van der Waals surface area contributed by atoms with Crippen LogP contribution in [0.2, 0.25) is 0 Å². The molecular formula is C43H42F4N8O4. The SMILES string of the molecule is Cn1cnc(C(=O)N(Cc2ccnc(-c3ccc(F)c(O)c3)c2)C2CCC2)c1.Cn1cnc(C(=O)N(Cc2ccnc(-c3ccc(F)c(OC(F)F)c3)c2)C2CCC2)c1. The third-order valence-electron chi connectivity index (χ3n) is 10.4. The van der Waals surface area contributed by atoms with E-state index in [1.807, 2.05) is 24.1 Å². The number of aromatic nitrogens is 6. The highest BCUT2D eigenvalue weighted by molar-refractivity contribution is 5.93. The van der Waals surface area contributed by atoms with Gasteiger partial charge < -0.3 is 28.8 Å². The number of rotatable bonds is 12. The van der Waals surface area contributed by atoms with Crippen molar-refractivity contribution in [2.45, 2.75) is 70.3 Å². The number of phenolic OH excluding ortho intramolecular Hbond substituents is 1. The van der Waals surface area contributed by atoms with Crippen LogP contribution >= 0.6 is 0 Å². The van der Waals surface area contributed by atoms with Crippen molar-refractivity contribution in [3.05, 3.63) is 132 Å². The van der Waals surface area contributed by atoms with E-state index in [0.29, 0.717) is 47.0 Å². The van der Waals surface area contributed by atoms with E-state index in [9.17, 15) is 32.3 Å². The molecule has 0 spiro atoms. The summed E-state index contributed by atoms with van der Waals surface area (Å²) in [5, 5.41) is 9.62. The molecule has 2 amide bonds. The van der Waals surface area contributed by atoms with Gasteiger partial charge in [0.05, 0.1) is 24.0 Å². The first-order valence-corrected chi connectivity index (χ1v) is 19.1. The van der Waals surface area contributed by atoms with Crippen molar-refractivity contribution < 1.29 is 37.0 Å². The lowest BCUT2D eigenvalue weighted by molar-refractivity contribution is -0.0521. The normalized spacial score (nSPS) is 13.9. The monoisotopic (exact) mass is 810 g/mol. The second-order valence-electron chi connectivity index (χ2n) is 14.7. The molecule has 6 aromatic rings. The molecule has 4 aromatic heterocycles. The summed E-state index contributed by atoms with van der Waals surface area (Å²) in [4.78, 5) is 46.7. The van der Waals surface area contributed by atoms with Gasteiger partial charge in [-0.15, -0.1) is 0 Å². The summed E-state index contributed by atoms with van der Waals surface area (Å²) >= 11 is 0. The van der Waals surface area contributed by atoms with E-state index in [4.69, 9.17) is 0 Å². The molecule has 0 radical (unpaired) electrons. The molecule has 0 atom stereocenters. The summed E-state index contributed by atoms with van der Waals surface area (Å²) in [5.41, 5.74) is 4.70. The summed E-state index contributed by atoms with van der Waals surface area (Å²) in [7, 11) is 3.64. The number of ether oxygens (including phenoxy) is 1. The van der Waals surface area contributed by atoms with Crippen LogP contribution in [0.5, 0.6) is 11.5 Å². The maximum Gasteiger partial charge on any atom is 0.387 e. The predicted octanol–water partition coefficient (Wildman–Crippen LogP) is 7.94. The van der Waals surface area contributed by atoms with Gasteiger partial charge in [-0.25, -0.2) is 18.7 Å². The smallest absolute Gasteiger partial charge is 0.387 e. The number of nitrogens with zero attached hydrogens (tertiary/aromatic N) is 8. The molecule has 306 valence electrons. The van der Waals surface area contributed by atoms with Gasteiger partial charge in [-0.05, 0) is 110 Å². The van der Waals surface area contributed by atoms with Crippen molar-refractivity contribution in [2.24, 2.45) is 14.1 Å². The minimum absolute atomic E-state index is 0.0805. The molecule has 2 fully saturated rings. The summed E-state index contributed by atoms with van der Waals surface area (Å²) in [5.74, 6) is -2.72. The van der Waals surface area contributed by atoms with E-state index < -0.39 is 29.7 Å². The minimum Gasteiger partial charge on any atom is -0.505 e. The van der Waals surface area contributed by atoms with Crippen LogP contribution in [0.25, 0.3) is 22.5 Å². The predicted molar refractivity (Wildman–Crippen MR) is 209 cm³/mol. The molecule has 4 heterocycles. The maximum absolute atomic E-state index is 13.8. The standard InChI is InChI=1S/C22H21F3N4O2.C21H21FN4O2/c1-28-12-19(27-13-28)21(30)29(16-3-2-4-16)11-14-7-8-26-18(9-14)15-5-6-17(23)20(10-15)31-22(24)25;1-25-12-19(24-13-25)21(28)26(16-3-2-4-16)11-14-7-8-23-18(9-14)15-5-6-17(22)20(27)10-15/h5-10,12-13,16,22H,2-4,11H2,1H3;5-10,12-13,16,27H,2-4,11H2,1H3. The molecule has 2 aromatic carbocycles. The Morgan fingerprint density at radius 2 is 1.19 bits per heavy atom. The quantitative estimate of drug-likeness (QED) is 0.123. The van der Waals surface area contributed by atoms with Gasteiger partial charge in [0.2, 0.25) is 0 Å². The van der Waals surface area contributed by atoms with Crippen LogP contribution in [0.3, 0.4) is 0 Å². The number of hydrogen-bond donors (Lipinski definition) is 1. The summed E-state index contributed by atoms with van der Waals surface area (Å²) in [6, 6.07) is 15.5. The molecular weight excluding hydrogens is 769 g/mol. The zero-order valence-corrected chi connectivity index (χ0v) is 32.4. The van der Waals surface area contributed by atoms with Crippen LogP contribution in [-0.2, 0) is 27.2 Å². The second-order valence-corrected chi connectivity index (χ2v) is 14.7.